The first-order valence-electron chi connectivity index (χ1n) is 8.48. The van der Waals surface area contributed by atoms with Gasteiger partial charge in [0.2, 0.25) is 20.0 Å². The van der Waals surface area contributed by atoms with Crippen LogP contribution in [-0.2, 0) is 20.0 Å². The number of rotatable bonds is 7. The van der Waals surface area contributed by atoms with E-state index in [2.05, 4.69) is 9.44 Å². The summed E-state index contributed by atoms with van der Waals surface area (Å²) in [7, 11) is -6.06. The van der Waals surface area contributed by atoms with Gasteiger partial charge >= 0.3 is 0 Å². The molecule has 2 rings (SSSR count). The number of hydrogen-bond donors (Lipinski definition) is 3. The molecule has 1 unspecified atom stereocenters. The van der Waals surface area contributed by atoms with Crippen molar-refractivity contribution >= 4 is 32.5 Å². The Morgan fingerprint density at radius 1 is 1.12 bits per heavy atom. The molecule has 26 heavy (non-hydrogen) atoms. The van der Waals surface area contributed by atoms with Crippen LogP contribution in [0.4, 0.5) is 0 Å². The minimum atomic E-state index is -3.76. The van der Waals surface area contributed by atoms with E-state index in [0.29, 0.717) is 5.56 Å². The van der Waals surface area contributed by atoms with Crippen molar-refractivity contribution in [2.24, 2.45) is 11.7 Å². The maximum atomic E-state index is 12.7. The number of aryl methyl sites for hydroxylation is 1. The Labute approximate surface area is 162 Å². The highest BCUT2D eigenvalue weighted by Crippen LogP contribution is 2.27. The zero-order valence-corrected chi connectivity index (χ0v) is 17.5. The van der Waals surface area contributed by atoms with Gasteiger partial charge in [0, 0.05) is 12.6 Å². The third-order valence-electron chi connectivity index (χ3n) is 4.79. The quantitative estimate of drug-likeness (QED) is 0.611. The third-order valence-corrected chi connectivity index (χ3v) is 7.86. The fourth-order valence-corrected chi connectivity index (χ4v) is 5.69. The van der Waals surface area contributed by atoms with Crippen LogP contribution in [-0.4, -0.2) is 36.5 Å². The Morgan fingerprint density at radius 2 is 1.73 bits per heavy atom. The van der Waals surface area contributed by atoms with E-state index in [1.165, 1.54) is 31.7 Å². The van der Waals surface area contributed by atoms with Crippen molar-refractivity contribution in [3.63, 3.8) is 0 Å². The van der Waals surface area contributed by atoms with Gasteiger partial charge in [-0.1, -0.05) is 19.3 Å². The van der Waals surface area contributed by atoms with Gasteiger partial charge in [-0.2, -0.15) is 0 Å². The van der Waals surface area contributed by atoms with E-state index in [4.69, 9.17) is 5.73 Å². The van der Waals surface area contributed by atoms with Gasteiger partial charge < -0.3 is 5.73 Å². The maximum Gasteiger partial charge on any atom is 0.240 e. The molecule has 1 aromatic carbocycles. The molecule has 4 N–H and O–H groups in total. The molecule has 0 aliphatic heterocycles. The average molecular weight is 426 g/mol. The number of nitrogens with two attached hydrogens (primary N) is 1. The van der Waals surface area contributed by atoms with Gasteiger partial charge in [0.25, 0.3) is 0 Å². The molecule has 1 aliphatic rings. The van der Waals surface area contributed by atoms with E-state index in [1.807, 2.05) is 0 Å². The smallest absolute Gasteiger partial charge is 0.240 e. The molecule has 0 aromatic heterocycles. The molecular formula is C16H28ClN3O4S2. The molecule has 0 heterocycles. The Hall–Kier alpha value is -0.710. The fourth-order valence-electron chi connectivity index (χ4n) is 3.34. The molecule has 1 atom stereocenters. The van der Waals surface area contributed by atoms with E-state index in [-0.39, 0.29) is 40.7 Å². The molecule has 0 bridgehead atoms. The second-order valence-corrected chi connectivity index (χ2v) is 10.1. The van der Waals surface area contributed by atoms with Crippen LogP contribution in [0.3, 0.4) is 0 Å². The second kappa shape index (κ2) is 9.48. The highest BCUT2D eigenvalue weighted by atomic mass is 35.5. The van der Waals surface area contributed by atoms with Crippen LogP contribution < -0.4 is 15.2 Å². The van der Waals surface area contributed by atoms with Crippen molar-refractivity contribution in [1.29, 1.82) is 0 Å². The number of benzene rings is 1. The number of hydrogen-bond acceptors (Lipinski definition) is 5. The Kier molecular flexibility index (Phi) is 8.50. The van der Waals surface area contributed by atoms with Crippen LogP contribution in [0.25, 0.3) is 0 Å². The van der Waals surface area contributed by atoms with Gasteiger partial charge in [0.15, 0.2) is 0 Å². The molecule has 1 fully saturated rings. The Morgan fingerprint density at radius 3 is 2.23 bits per heavy atom. The molecule has 1 aliphatic carbocycles. The van der Waals surface area contributed by atoms with E-state index in [0.717, 1.165) is 25.7 Å². The highest BCUT2D eigenvalue weighted by Gasteiger charge is 2.28. The largest absolute Gasteiger partial charge is 0.329 e. The van der Waals surface area contributed by atoms with Gasteiger partial charge in [0.1, 0.15) is 0 Å². The fraction of sp³-hybridized carbons (Fsp3) is 0.625. The minimum Gasteiger partial charge on any atom is -0.329 e. The lowest BCUT2D eigenvalue weighted by Crippen LogP contribution is -2.45. The van der Waals surface area contributed by atoms with Crippen molar-refractivity contribution < 1.29 is 16.8 Å². The molecule has 10 heteroatoms. The van der Waals surface area contributed by atoms with Crippen molar-refractivity contribution in [1.82, 2.24) is 9.44 Å². The summed E-state index contributed by atoms with van der Waals surface area (Å²) >= 11 is 0. The van der Waals surface area contributed by atoms with E-state index < -0.39 is 20.0 Å². The predicted octanol–water partition coefficient (Wildman–Crippen LogP) is 1.51. The summed E-state index contributed by atoms with van der Waals surface area (Å²) in [4.78, 5) is 0.117. The molecule has 1 aromatic rings. The first kappa shape index (κ1) is 23.3. The summed E-state index contributed by atoms with van der Waals surface area (Å²) in [5, 5.41) is 0. The first-order valence-corrected chi connectivity index (χ1v) is 11.4. The monoisotopic (exact) mass is 425 g/mol. The van der Waals surface area contributed by atoms with Crippen LogP contribution in [0.2, 0.25) is 0 Å². The minimum absolute atomic E-state index is 0. The summed E-state index contributed by atoms with van der Waals surface area (Å²) < 4.78 is 54.2. The SMILES string of the molecule is CNS(=O)(=O)c1ccc(S(=O)(=O)NC(CN)C2CCCCC2)cc1C.Cl. The molecular weight excluding hydrogens is 398 g/mol. The summed E-state index contributed by atoms with van der Waals surface area (Å²) in [6.07, 6.45) is 5.32. The zero-order chi connectivity index (χ0) is 18.7. The lowest BCUT2D eigenvalue weighted by atomic mass is 9.84. The van der Waals surface area contributed by atoms with Gasteiger partial charge in [-0.05, 0) is 56.5 Å². The molecule has 0 amide bonds. The van der Waals surface area contributed by atoms with Gasteiger partial charge in [-0.3, -0.25) is 0 Å². The first-order chi connectivity index (χ1) is 11.7. The van der Waals surface area contributed by atoms with E-state index >= 15 is 0 Å². The Balaban J connectivity index is 0.00000338. The molecule has 0 radical (unpaired) electrons. The topological polar surface area (TPSA) is 118 Å². The zero-order valence-electron chi connectivity index (χ0n) is 15.1. The second-order valence-electron chi connectivity index (χ2n) is 6.50. The van der Waals surface area contributed by atoms with Crippen LogP contribution in [0.1, 0.15) is 37.7 Å². The Bertz CT molecular complexity index is 807. The summed E-state index contributed by atoms with van der Waals surface area (Å²) in [5.41, 5.74) is 6.18. The molecule has 0 spiro atoms. The van der Waals surface area contributed by atoms with Crippen molar-refractivity contribution in [2.75, 3.05) is 13.6 Å². The van der Waals surface area contributed by atoms with Crippen LogP contribution >= 0.6 is 12.4 Å². The number of halogens is 1. The van der Waals surface area contributed by atoms with Crippen molar-refractivity contribution in [3.8, 4) is 0 Å². The molecule has 150 valence electrons. The number of nitrogens with one attached hydrogen (secondary N) is 2. The van der Waals surface area contributed by atoms with Crippen molar-refractivity contribution in [3.05, 3.63) is 23.8 Å². The average Bonchev–Trinajstić information content (AvgIpc) is 2.60. The van der Waals surface area contributed by atoms with E-state index in [9.17, 15) is 16.8 Å². The normalized spacial score (nSPS) is 17.5. The number of sulfonamides is 2. The summed E-state index contributed by atoms with van der Waals surface area (Å²) in [6, 6.07) is 3.70. The molecule has 7 nitrogen and oxygen atoms in total. The van der Waals surface area contributed by atoms with Gasteiger partial charge in [-0.15, -0.1) is 12.4 Å². The predicted molar refractivity (Wildman–Crippen MR) is 104 cm³/mol. The lowest BCUT2D eigenvalue weighted by molar-refractivity contribution is 0.294. The molecule has 1 saturated carbocycles. The third kappa shape index (κ3) is 5.40. The summed E-state index contributed by atoms with van der Waals surface area (Å²) in [6.45, 7) is 1.82. The van der Waals surface area contributed by atoms with E-state index in [1.54, 1.807) is 6.92 Å². The van der Waals surface area contributed by atoms with Crippen LogP contribution in [0, 0.1) is 12.8 Å². The van der Waals surface area contributed by atoms with Crippen molar-refractivity contribution in [2.45, 2.75) is 54.9 Å². The maximum absolute atomic E-state index is 12.7. The van der Waals surface area contributed by atoms with Gasteiger partial charge in [-0.25, -0.2) is 26.3 Å². The lowest BCUT2D eigenvalue weighted by Gasteiger charge is -2.29. The van der Waals surface area contributed by atoms with Crippen LogP contribution in [0.5, 0.6) is 0 Å². The summed E-state index contributed by atoms with van der Waals surface area (Å²) in [5.74, 6) is 0.249. The van der Waals surface area contributed by atoms with Crippen LogP contribution in [0.15, 0.2) is 28.0 Å². The standard InChI is InChI=1S/C16H27N3O4S2.ClH/c1-12-10-14(8-9-16(12)25(22,23)18-2)24(20,21)19-15(11-17)13-6-4-3-5-7-13;/h8-10,13,15,18-19H,3-7,11,17H2,1-2H3;1H. The van der Waals surface area contributed by atoms with Gasteiger partial charge in [0.05, 0.1) is 9.79 Å². The molecule has 0 saturated heterocycles. The highest BCUT2D eigenvalue weighted by molar-refractivity contribution is 7.90.